The molecular weight excluding hydrogens is 324 g/mol. The molecule has 24 heavy (non-hydrogen) atoms. The van der Waals surface area contributed by atoms with Crippen molar-refractivity contribution < 1.29 is 9.53 Å². The largest absolute Gasteiger partial charge is 0.493 e. The third-order valence-corrected chi connectivity index (χ3v) is 6.42. The Morgan fingerprint density at radius 2 is 2.38 bits per heavy atom. The van der Waals surface area contributed by atoms with Crippen molar-refractivity contribution in [1.82, 2.24) is 15.2 Å². The second-order valence-electron chi connectivity index (χ2n) is 6.66. The van der Waals surface area contributed by atoms with Crippen molar-refractivity contribution in [3.8, 4) is 5.75 Å². The monoisotopic (exact) mass is 344 g/mol. The van der Waals surface area contributed by atoms with Gasteiger partial charge >= 0.3 is 6.03 Å². The number of carbonyl (C=O) groups is 1. The second-order valence-corrected chi connectivity index (χ2v) is 7.67. The summed E-state index contributed by atoms with van der Waals surface area (Å²) in [6, 6.07) is 4.50. The van der Waals surface area contributed by atoms with E-state index in [1.165, 1.54) is 5.56 Å². The Kier molecular flexibility index (Phi) is 3.21. The fourth-order valence-electron chi connectivity index (χ4n) is 4.08. The number of likely N-dealkylation sites (N-methyl/N-ethyl adjacent to an activating group) is 1. The molecule has 126 valence electrons. The van der Waals surface area contributed by atoms with E-state index in [1.807, 2.05) is 11.0 Å². The Labute approximate surface area is 144 Å². The number of benzene rings is 1. The summed E-state index contributed by atoms with van der Waals surface area (Å²) in [6.07, 6.45) is 1.91. The minimum atomic E-state index is -0.00472. The molecule has 2 aromatic rings. The number of likely N-dealkylation sites (tertiary alicyclic amines) is 1. The molecule has 0 bridgehead atoms. The Morgan fingerprint density at radius 1 is 1.46 bits per heavy atom. The first kappa shape index (κ1) is 14.5. The molecule has 1 N–H and O–H groups in total. The van der Waals surface area contributed by atoms with Crippen molar-refractivity contribution in [3.05, 3.63) is 17.7 Å². The van der Waals surface area contributed by atoms with E-state index in [-0.39, 0.29) is 18.1 Å². The highest BCUT2D eigenvalue weighted by atomic mass is 32.1. The quantitative estimate of drug-likeness (QED) is 0.908. The summed E-state index contributed by atoms with van der Waals surface area (Å²) in [5.41, 5.74) is 2.19. The van der Waals surface area contributed by atoms with Crippen molar-refractivity contribution in [1.29, 1.82) is 0 Å². The number of thiazole rings is 1. The Bertz CT molecular complexity index is 820. The van der Waals surface area contributed by atoms with Gasteiger partial charge in [0.1, 0.15) is 5.75 Å². The highest BCUT2D eigenvalue weighted by Gasteiger charge is 2.44. The third-order valence-electron chi connectivity index (χ3n) is 5.40. The number of anilines is 1. The number of amides is 2. The molecule has 7 heteroatoms. The molecule has 0 saturated carbocycles. The lowest BCUT2D eigenvalue weighted by molar-refractivity contribution is 0.204. The van der Waals surface area contributed by atoms with Gasteiger partial charge in [-0.15, -0.1) is 0 Å². The van der Waals surface area contributed by atoms with E-state index in [4.69, 9.17) is 9.72 Å². The van der Waals surface area contributed by atoms with Crippen LogP contribution in [0.3, 0.4) is 0 Å². The number of piperidine rings is 1. The lowest BCUT2D eigenvalue weighted by Gasteiger charge is -2.35. The number of nitrogens with one attached hydrogen (secondary N) is 1. The van der Waals surface area contributed by atoms with Gasteiger partial charge in [-0.05, 0) is 25.1 Å². The fourth-order valence-corrected chi connectivity index (χ4v) is 5.13. The standard InChI is InChI=1S/C17H20N4O2S/c1-2-20-7-5-11-12(9-20)21(16(22)18-11)17-19-15-10-6-8-23-13(10)3-4-14(15)24-17/h3-4,11-12H,2,5-9H2,1H3,(H,18,22)/t11-,12+/m1/s1. The molecule has 5 rings (SSSR count). The number of hydrogen-bond acceptors (Lipinski definition) is 5. The Hall–Kier alpha value is -1.86. The molecule has 0 spiro atoms. The molecule has 6 nitrogen and oxygen atoms in total. The van der Waals surface area contributed by atoms with Gasteiger partial charge in [0.05, 0.1) is 28.9 Å². The lowest BCUT2D eigenvalue weighted by atomic mass is 10.0. The highest BCUT2D eigenvalue weighted by Crippen LogP contribution is 2.39. The van der Waals surface area contributed by atoms with E-state index in [0.717, 1.165) is 60.2 Å². The maximum absolute atomic E-state index is 12.6. The number of nitrogens with zero attached hydrogens (tertiary/aromatic N) is 3. The third kappa shape index (κ3) is 2.04. The zero-order chi connectivity index (χ0) is 16.3. The average Bonchev–Trinajstić information content (AvgIpc) is 3.28. The smallest absolute Gasteiger partial charge is 0.324 e. The van der Waals surface area contributed by atoms with Crippen LogP contribution in [0.1, 0.15) is 18.9 Å². The Balaban J connectivity index is 1.55. The predicted octanol–water partition coefficient (Wildman–Crippen LogP) is 2.22. The summed E-state index contributed by atoms with van der Waals surface area (Å²) < 4.78 is 6.77. The van der Waals surface area contributed by atoms with Crippen LogP contribution in [-0.2, 0) is 6.42 Å². The summed E-state index contributed by atoms with van der Waals surface area (Å²) in [4.78, 5) is 21.7. The maximum atomic E-state index is 12.6. The molecule has 0 unspecified atom stereocenters. The van der Waals surface area contributed by atoms with Crippen LogP contribution in [0.4, 0.5) is 9.93 Å². The molecule has 2 saturated heterocycles. The summed E-state index contributed by atoms with van der Waals surface area (Å²) >= 11 is 1.61. The lowest BCUT2D eigenvalue weighted by Crippen LogP contribution is -2.51. The van der Waals surface area contributed by atoms with Crippen LogP contribution in [0.15, 0.2) is 12.1 Å². The topological polar surface area (TPSA) is 57.7 Å². The number of urea groups is 1. The van der Waals surface area contributed by atoms with Gasteiger partial charge in [0.15, 0.2) is 5.13 Å². The minimum absolute atomic E-state index is 0.00472. The molecule has 3 aliphatic heterocycles. The van der Waals surface area contributed by atoms with Gasteiger partial charge in [-0.25, -0.2) is 9.78 Å². The highest BCUT2D eigenvalue weighted by molar-refractivity contribution is 7.22. The molecule has 0 aliphatic carbocycles. The maximum Gasteiger partial charge on any atom is 0.324 e. The summed E-state index contributed by atoms with van der Waals surface area (Å²) in [5, 5.41) is 3.96. The van der Waals surface area contributed by atoms with Crippen LogP contribution in [0.5, 0.6) is 5.75 Å². The van der Waals surface area contributed by atoms with Crippen molar-refractivity contribution in [2.45, 2.75) is 31.8 Å². The molecule has 4 heterocycles. The van der Waals surface area contributed by atoms with Crippen LogP contribution >= 0.6 is 11.3 Å². The molecule has 2 amide bonds. The van der Waals surface area contributed by atoms with E-state index in [1.54, 1.807) is 11.3 Å². The van der Waals surface area contributed by atoms with Crippen molar-refractivity contribution >= 4 is 32.7 Å². The van der Waals surface area contributed by atoms with Crippen LogP contribution in [0, 0.1) is 0 Å². The first-order chi connectivity index (χ1) is 11.7. The zero-order valence-corrected chi connectivity index (χ0v) is 14.4. The molecule has 1 aromatic carbocycles. The molecular formula is C17H20N4O2S. The molecule has 1 aromatic heterocycles. The van der Waals surface area contributed by atoms with E-state index < -0.39 is 0 Å². The first-order valence-electron chi connectivity index (χ1n) is 8.62. The van der Waals surface area contributed by atoms with E-state index in [9.17, 15) is 4.79 Å². The predicted molar refractivity (Wildman–Crippen MR) is 94.1 cm³/mol. The normalized spacial score (nSPS) is 26.4. The summed E-state index contributed by atoms with van der Waals surface area (Å²) in [7, 11) is 0. The van der Waals surface area contributed by atoms with Gasteiger partial charge in [0, 0.05) is 25.1 Å². The molecule has 0 radical (unpaired) electrons. The fraction of sp³-hybridized carbons (Fsp3) is 0.529. The number of rotatable bonds is 2. The summed E-state index contributed by atoms with van der Waals surface area (Å²) in [6.45, 7) is 5.89. The van der Waals surface area contributed by atoms with Gasteiger partial charge < -0.3 is 15.0 Å². The van der Waals surface area contributed by atoms with Gasteiger partial charge in [-0.1, -0.05) is 18.3 Å². The van der Waals surface area contributed by atoms with Crippen LogP contribution < -0.4 is 15.0 Å². The van der Waals surface area contributed by atoms with Gasteiger partial charge in [-0.2, -0.15) is 0 Å². The van der Waals surface area contributed by atoms with Crippen molar-refractivity contribution in [3.63, 3.8) is 0 Å². The SMILES string of the molecule is CCN1CC[C@H]2NC(=O)N(c3nc4c5c(ccc4s3)OCC5)[C@H]2C1. The molecule has 2 fully saturated rings. The van der Waals surface area contributed by atoms with Gasteiger partial charge in [-0.3, -0.25) is 4.90 Å². The number of aromatic nitrogens is 1. The van der Waals surface area contributed by atoms with Crippen LogP contribution in [-0.4, -0.2) is 54.2 Å². The second kappa shape index (κ2) is 5.32. The van der Waals surface area contributed by atoms with Crippen molar-refractivity contribution in [2.24, 2.45) is 0 Å². The van der Waals surface area contributed by atoms with E-state index in [2.05, 4.69) is 23.2 Å². The van der Waals surface area contributed by atoms with Gasteiger partial charge in [0.2, 0.25) is 0 Å². The van der Waals surface area contributed by atoms with Crippen LogP contribution in [0.2, 0.25) is 0 Å². The number of hydrogen-bond donors (Lipinski definition) is 1. The van der Waals surface area contributed by atoms with E-state index in [0.29, 0.717) is 0 Å². The average molecular weight is 344 g/mol. The van der Waals surface area contributed by atoms with Crippen molar-refractivity contribution in [2.75, 3.05) is 31.1 Å². The van der Waals surface area contributed by atoms with E-state index >= 15 is 0 Å². The van der Waals surface area contributed by atoms with Gasteiger partial charge in [0.25, 0.3) is 0 Å². The number of fused-ring (bicyclic) bond motifs is 4. The Morgan fingerprint density at radius 3 is 3.25 bits per heavy atom. The molecule has 2 atom stereocenters. The summed E-state index contributed by atoms with van der Waals surface area (Å²) in [5.74, 6) is 0.943. The van der Waals surface area contributed by atoms with Crippen LogP contribution in [0.25, 0.3) is 10.2 Å². The number of carbonyl (C=O) groups excluding carboxylic acids is 1. The molecule has 3 aliphatic rings. The zero-order valence-electron chi connectivity index (χ0n) is 13.6. The first-order valence-corrected chi connectivity index (χ1v) is 9.43. The minimum Gasteiger partial charge on any atom is -0.493 e. The number of ether oxygens (including phenoxy) is 1.